The molecule has 0 radical (unpaired) electrons. The third kappa shape index (κ3) is 11.5. The first kappa shape index (κ1) is 19.0. The molecule has 0 fully saturated rings. The second kappa shape index (κ2) is 11.8. The van der Waals surface area contributed by atoms with Gasteiger partial charge in [-0.05, 0) is 19.3 Å². The molecule has 0 aromatic rings. The van der Waals surface area contributed by atoms with E-state index in [1.54, 1.807) is 0 Å². The van der Waals surface area contributed by atoms with E-state index in [-0.39, 0.29) is 12.4 Å². The van der Waals surface area contributed by atoms with Crippen LogP contribution in [-0.4, -0.2) is 42.3 Å². The second-order valence-electron chi connectivity index (χ2n) is 4.68. The largest absolute Gasteiger partial charge is 0.480 e. The molecule has 8 nitrogen and oxygen atoms in total. The number of nitrogens with one attached hydrogen (secondary N) is 1. The number of ether oxygens (including phenoxy) is 1. The van der Waals surface area contributed by atoms with E-state index in [1.165, 1.54) is 0 Å². The summed E-state index contributed by atoms with van der Waals surface area (Å²) in [7, 11) is 0. The first-order valence-corrected chi connectivity index (χ1v) is 7.18. The summed E-state index contributed by atoms with van der Waals surface area (Å²) in [5.74, 6) is -1.15. The van der Waals surface area contributed by atoms with Crippen LogP contribution in [-0.2, 0) is 9.53 Å². The van der Waals surface area contributed by atoms with Crippen molar-refractivity contribution in [1.82, 2.24) is 5.32 Å². The molecule has 0 aliphatic rings. The summed E-state index contributed by atoms with van der Waals surface area (Å²) in [6.45, 7) is 2.71. The fourth-order valence-corrected chi connectivity index (χ4v) is 1.64. The van der Waals surface area contributed by atoms with Crippen LogP contribution in [0.1, 0.15) is 45.4 Å². The SMILES string of the molecule is CCCCCCOC(=O)N[C@H](CCCN=C(N)N)C(=O)O. The van der Waals surface area contributed by atoms with Crippen LogP contribution < -0.4 is 16.8 Å². The van der Waals surface area contributed by atoms with Gasteiger partial charge in [-0.1, -0.05) is 26.2 Å². The zero-order valence-electron chi connectivity index (χ0n) is 12.5. The summed E-state index contributed by atoms with van der Waals surface area (Å²) < 4.78 is 4.93. The molecular formula is C13H26N4O4. The molecule has 0 aromatic heterocycles. The summed E-state index contributed by atoms with van der Waals surface area (Å²) in [5, 5.41) is 11.3. The number of hydrogen-bond acceptors (Lipinski definition) is 4. The fourth-order valence-electron chi connectivity index (χ4n) is 1.64. The average molecular weight is 302 g/mol. The Labute approximate surface area is 124 Å². The summed E-state index contributed by atoms with van der Waals surface area (Å²) >= 11 is 0. The van der Waals surface area contributed by atoms with Gasteiger partial charge in [0.2, 0.25) is 0 Å². The van der Waals surface area contributed by atoms with Crippen molar-refractivity contribution in [2.75, 3.05) is 13.2 Å². The van der Waals surface area contributed by atoms with E-state index in [9.17, 15) is 9.59 Å². The van der Waals surface area contributed by atoms with E-state index in [4.69, 9.17) is 21.3 Å². The zero-order chi connectivity index (χ0) is 16.1. The molecule has 0 aliphatic carbocycles. The summed E-state index contributed by atoms with van der Waals surface area (Å²) in [6.07, 6.45) is 3.94. The van der Waals surface area contributed by atoms with Crippen molar-refractivity contribution in [1.29, 1.82) is 0 Å². The lowest BCUT2D eigenvalue weighted by Crippen LogP contribution is -2.41. The number of carboxylic acids is 1. The van der Waals surface area contributed by atoms with Crippen LogP contribution >= 0.6 is 0 Å². The van der Waals surface area contributed by atoms with E-state index in [0.29, 0.717) is 19.6 Å². The minimum Gasteiger partial charge on any atom is -0.480 e. The van der Waals surface area contributed by atoms with Gasteiger partial charge in [-0.15, -0.1) is 0 Å². The van der Waals surface area contributed by atoms with Crippen LogP contribution in [0.2, 0.25) is 0 Å². The topological polar surface area (TPSA) is 140 Å². The second-order valence-corrected chi connectivity index (χ2v) is 4.68. The Morgan fingerprint density at radius 2 is 1.95 bits per heavy atom. The normalized spacial score (nSPS) is 11.5. The third-order valence-corrected chi connectivity index (χ3v) is 2.77. The number of guanidine groups is 1. The van der Waals surface area contributed by atoms with Gasteiger partial charge in [0.15, 0.2) is 5.96 Å². The van der Waals surface area contributed by atoms with Crippen molar-refractivity contribution in [3.8, 4) is 0 Å². The summed E-state index contributed by atoms with van der Waals surface area (Å²) in [6, 6.07) is -0.998. The predicted octanol–water partition coefficient (Wildman–Crippen LogP) is 0.800. The minimum atomic E-state index is -1.11. The van der Waals surface area contributed by atoms with Gasteiger partial charge in [-0.25, -0.2) is 9.59 Å². The number of carboxylic acid groups (broad SMARTS) is 1. The lowest BCUT2D eigenvalue weighted by atomic mass is 10.1. The molecule has 0 heterocycles. The van der Waals surface area contributed by atoms with E-state index in [0.717, 1.165) is 25.7 Å². The summed E-state index contributed by atoms with van der Waals surface area (Å²) in [5.41, 5.74) is 10.3. The van der Waals surface area contributed by atoms with Crippen LogP contribution in [0.25, 0.3) is 0 Å². The number of carbonyl (C=O) groups is 2. The number of alkyl carbamates (subject to hydrolysis) is 1. The molecule has 0 aromatic carbocycles. The van der Waals surface area contributed by atoms with E-state index in [2.05, 4.69) is 17.2 Å². The Kier molecular flexibility index (Phi) is 10.7. The van der Waals surface area contributed by atoms with Gasteiger partial charge in [-0.2, -0.15) is 0 Å². The number of unbranched alkanes of at least 4 members (excludes halogenated alkanes) is 3. The van der Waals surface area contributed by atoms with Crippen LogP contribution in [0.5, 0.6) is 0 Å². The first-order valence-electron chi connectivity index (χ1n) is 7.18. The van der Waals surface area contributed by atoms with Crippen molar-refractivity contribution in [3.63, 3.8) is 0 Å². The molecule has 0 spiro atoms. The Balaban J connectivity index is 3.93. The van der Waals surface area contributed by atoms with E-state index in [1.807, 2.05) is 0 Å². The Morgan fingerprint density at radius 3 is 2.52 bits per heavy atom. The van der Waals surface area contributed by atoms with Crippen LogP contribution in [0.15, 0.2) is 4.99 Å². The van der Waals surface area contributed by atoms with Crippen molar-refractivity contribution in [3.05, 3.63) is 0 Å². The number of nitrogens with two attached hydrogens (primary N) is 2. The molecule has 0 aliphatic heterocycles. The van der Waals surface area contributed by atoms with E-state index < -0.39 is 18.1 Å². The maximum absolute atomic E-state index is 11.5. The Morgan fingerprint density at radius 1 is 1.24 bits per heavy atom. The van der Waals surface area contributed by atoms with Crippen molar-refractivity contribution in [2.24, 2.45) is 16.5 Å². The molecule has 0 saturated carbocycles. The number of amides is 1. The molecule has 1 amide bonds. The standard InChI is InChI=1S/C13H26N4O4/c1-2-3-4-5-9-21-13(20)17-10(11(18)19)7-6-8-16-12(14)15/h10H,2-9H2,1H3,(H,17,20)(H,18,19)(H4,14,15,16)/t10-/m1/s1. The molecule has 6 N–H and O–H groups in total. The molecule has 8 heteroatoms. The van der Waals surface area contributed by atoms with Crippen molar-refractivity contribution in [2.45, 2.75) is 51.5 Å². The van der Waals surface area contributed by atoms with Gasteiger partial charge in [0.25, 0.3) is 0 Å². The highest BCUT2D eigenvalue weighted by Gasteiger charge is 2.19. The van der Waals surface area contributed by atoms with Crippen molar-refractivity contribution >= 4 is 18.0 Å². The molecule has 0 unspecified atom stereocenters. The van der Waals surface area contributed by atoms with Gasteiger partial charge in [0, 0.05) is 6.54 Å². The van der Waals surface area contributed by atoms with Gasteiger partial charge in [0.05, 0.1) is 6.61 Å². The van der Waals surface area contributed by atoms with Gasteiger partial charge < -0.3 is 26.6 Å². The third-order valence-electron chi connectivity index (χ3n) is 2.77. The molecular weight excluding hydrogens is 276 g/mol. The lowest BCUT2D eigenvalue weighted by Gasteiger charge is -2.14. The van der Waals surface area contributed by atoms with Gasteiger partial charge in [-0.3, -0.25) is 4.99 Å². The average Bonchev–Trinajstić information content (AvgIpc) is 2.41. The van der Waals surface area contributed by atoms with Gasteiger partial charge >= 0.3 is 12.1 Å². The summed E-state index contributed by atoms with van der Waals surface area (Å²) in [4.78, 5) is 26.2. The highest BCUT2D eigenvalue weighted by atomic mass is 16.5. The molecule has 1 atom stereocenters. The Hall–Kier alpha value is -1.99. The van der Waals surface area contributed by atoms with Crippen LogP contribution in [0.3, 0.4) is 0 Å². The van der Waals surface area contributed by atoms with Crippen LogP contribution in [0.4, 0.5) is 4.79 Å². The Bertz CT molecular complexity index is 343. The van der Waals surface area contributed by atoms with E-state index >= 15 is 0 Å². The number of aliphatic imine (C=N–C) groups is 1. The molecule has 0 bridgehead atoms. The van der Waals surface area contributed by atoms with Crippen molar-refractivity contribution < 1.29 is 19.4 Å². The molecule has 122 valence electrons. The maximum atomic E-state index is 11.5. The highest BCUT2D eigenvalue weighted by Crippen LogP contribution is 2.01. The fraction of sp³-hybridized carbons (Fsp3) is 0.769. The number of rotatable bonds is 11. The lowest BCUT2D eigenvalue weighted by molar-refractivity contribution is -0.139. The molecule has 0 saturated heterocycles. The number of carbonyl (C=O) groups excluding carboxylic acids is 1. The number of aliphatic carboxylic acids is 1. The molecule has 0 rings (SSSR count). The number of hydrogen-bond donors (Lipinski definition) is 4. The maximum Gasteiger partial charge on any atom is 0.407 e. The highest BCUT2D eigenvalue weighted by molar-refractivity contribution is 5.79. The predicted molar refractivity (Wildman–Crippen MR) is 80.0 cm³/mol. The number of nitrogens with zero attached hydrogens (tertiary/aromatic N) is 1. The monoisotopic (exact) mass is 302 g/mol. The molecule has 21 heavy (non-hydrogen) atoms. The minimum absolute atomic E-state index is 0.0404. The smallest absolute Gasteiger partial charge is 0.407 e. The van der Waals surface area contributed by atoms with Gasteiger partial charge in [0.1, 0.15) is 6.04 Å². The zero-order valence-corrected chi connectivity index (χ0v) is 12.5. The van der Waals surface area contributed by atoms with Crippen LogP contribution in [0, 0.1) is 0 Å². The first-order chi connectivity index (χ1) is 9.97. The quantitative estimate of drug-likeness (QED) is 0.253.